The molecule has 150 valence electrons. The van der Waals surface area contributed by atoms with Gasteiger partial charge in [-0.2, -0.15) is 0 Å². The van der Waals surface area contributed by atoms with Crippen LogP contribution in [0.15, 0.2) is 24.3 Å². The van der Waals surface area contributed by atoms with E-state index in [1.54, 1.807) is 0 Å². The number of piperidine rings is 1. The molecule has 4 nitrogen and oxygen atoms in total. The summed E-state index contributed by atoms with van der Waals surface area (Å²) in [6, 6.07) is 9.26. The van der Waals surface area contributed by atoms with Gasteiger partial charge in [0.1, 0.15) is 0 Å². The summed E-state index contributed by atoms with van der Waals surface area (Å²) >= 11 is 0. The highest BCUT2D eigenvalue weighted by Gasteiger charge is 2.48. The van der Waals surface area contributed by atoms with Gasteiger partial charge >= 0.3 is 0 Å². The van der Waals surface area contributed by atoms with E-state index < -0.39 is 0 Å². The molecular weight excluding hydrogens is 346 g/mol. The Morgan fingerprint density at radius 1 is 1.04 bits per heavy atom. The van der Waals surface area contributed by atoms with E-state index in [1.807, 2.05) is 0 Å². The number of likely N-dealkylation sites (tertiary alicyclic amines) is 1. The number of nitrogens with one attached hydrogen (secondary N) is 2. The predicted molar refractivity (Wildman–Crippen MR) is 111 cm³/mol. The SMILES string of the molecule is O=C(CN1CCC2(CC1)CNc1ccccc12)NC1C2CC3CC(C2)CC1C3. The van der Waals surface area contributed by atoms with Crippen molar-refractivity contribution in [2.45, 2.75) is 56.4 Å². The summed E-state index contributed by atoms with van der Waals surface area (Å²) in [5.74, 6) is 3.75. The molecule has 1 saturated heterocycles. The Hall–Kier alpha value is -1.55. The van der Waals surface area contributed by atoms with Gasteiger partial charge in [-0.1, -0.05) is 18.2 Å². The number of hydrogen-bond acceptors (Lipinski definition) is 3. The lowest BCUT2D eigenvalue weighted by Gasteiger charge is -2.54. The largest absolute Gasteiger partial charge is 0.384 e. The maximum atomic E-state index is 12.8. The highest BCUT2D eigenvalue weighted by atomic mass is 16.2. The number of nitrogens with zero attached hydrogens (tertiary/aromatic N) is 1. The number of anilines is 1. The average molecular weight is 380 g/mol. The Kier molecular flexibility index (Phi) is 4.01. The Labute approximate surface area is 168 Å². The number of hydrogen-bond donors (Lipinski definition) is 2. The molecule has 0 radical (unpaired) electrons. The zero-order valence-corrected chi connectivity index (χ0v) is 16.8. The topological polar surface area (TPSA) is 44.4 Å². The van der Waals surface area contributed by atoms with Crippen LogP contribution >= 0.6 is 0 Å². The van der Waals surface area contributed by atoms with Crippen LogP contribution in [0.1, 0.15) is 50.5 Å². The van der Waals surface area contributed by atoms with E-state index in [0.717, 1.165) is 56.1 Å². The fraction of sp³-hybridized carbons (Fsp3) is 0.708. The second kappa shape index (κ2) is 6.48. The second-order valence-electron chi connectivity index (χ2n) is 10.5. The third-order valence-corrected chi connectivity index (χ3v) is 8.85. The minimum absolute atomic E-state index is 0.276. The van der Waals surface area contributed by atoms with Gasteiger partial charge in [0.2, 0.25) is 5.91 Å². The number of para-hydroxylation sites is 1. The first-order valence-electron chi connectivity index (χ1n) is 11.5. The molecule has 1 spiro atoms. The lowest BCUT2D eigenvalue weighted by molar-refractivity contribution is -0.126. The maximum Gasteiger partial charge on any atom is 0.234 e. The van der Waals surface area contributed by atoms with Gasteiger partial charge < -0.3 is 10.6 Å². The predicted octanol–water partition coefficient (Wildman–Crippen LogP) is 3.39. The van der Waals surface area contributed by atoms with Gasteiger partial charge in [0.25, 0.3) is 0 Å². The van der Waals surface area contributed by atoms with Gasteiger partial charge in [-0.25, -0.2) is 0 Å². The highest BCUT2D eigenvalue weighted by Crippen LogP contribution is 2.53. The van der Waals surface area contributed by atoms with E-state index in [0.29, 0.717) is 12.6 Å². The van der Waals surface area contributed by atoms with Crippen molar-refractivity contribution in [3.63, 3.8) is 0 Å². The van der Waals surface area contributed by atoms with Crippen LogP contribution in [0.5, 0.6) is 0 Å². The molecule has 5 fully saturated rings. The summed E-state index contributed by atoms with van der Waals surface area (Å²) in [5.41, 5.74) is 3.09. The molecular formula is C24H33N3O. The van der Waals surface area contributed by atoms with Crippen molar-refractivity contribution in [1.29, 1.82) is 0 Å². The van der Waals surface area contributed by atoms with Crippen LogP contribution in [0, 0.1) is 23.7 Å². The molecule has 4 aliphatic carbocycles. The quantitative estimate of drug-likeness (QED) is 0.846. The van der Waals surface area contributed by atoms with E-state index >= 15 is 0 Å². The number of fused-ring (bicyclic) bond motifs is 2. The van der Waals surface area contributed by atoms with Gasteiger partial charge in [0, 0.05) is 23.7 Å². The molecule has 4 saturated carbocycles. The van der Waals surface area contributed by atoms with Crippen LogP contribution in [0.2, 0.25) is 0 Å². The van der Waals surface area contributed by atoms with E-state index in [9.17, 15) is 4.79 Å². The number of amides is 1. The lowest BCUT2D eigenvalue weighted by atomic mass is 9.54. The molecule has 2 aliphatic heterocycles. The summed E-state index contributed by atoms with van der Waals surface area (Å²) in [4.78, 5) is 15.2. The van der Waals surface area contributed by atoms with Gasteiger partial charge in [-0.05, 0) is 93.3 Å². The van der Waals surface area contributed by atoms with Crippen LogP contribution < -0.4 is 10.6 Å². The van der Waals surface area contributed by atoms with Crippen molar-refractivity contribution in [2.24, 2.45) is 23.7 Å². The van der Waals surface area contributed by atoms with Gasteiger partial charge in [0.15, 0.2) is 0 Å². The zero-order chi connectivity index (χ0) is 18.7. The number of carbonyl (C=O) groups is 1. The van der Waals surface area contributed by atoms with Crippen molar-refractivity contribution in [1.82, 2.24) is 10.2 Å². The van der Waals surface area contributed by atoms with Crippen molar-refractivity contribution < 1.29 is 4.79 Å². The van der Waals surface area contributed by atoms with E-state index in [1.165, 1.54) is 43.4 Å². The molecule has 0 atom stereocenters. The first-order chi connectivity index (χ1) is 13.7. The minimum atomic E-state index is 0.276. The molecule has 2 heterocycles. The molecule has 1 aromatic rings. The fourth-order valence-electron chi connectivity index (χ4n) is 7.64. The summed E-state index contributed by atoms with van der Waals surface area (Å²) in [7, 11) is 0. The molecule has 0 unspecified atom stereocenters. The Bertz CT molecular complexity index is 739. The Morgan fingerprint density at radius 3 is 2.43 bits per heavy atom. The zero-order valence-electron chi connectivity index (χ0n) is 16.8. The Balaban J connectivity index is 1.05. The van der Waals surface area contributed by atoms with Gasteiger partial charge in [-0.3, -0.25) is 9.69 Å². The molecule has 7 rings (SSSR count). The van der Waals surface area contributed by atoms with E-state index in [2.05, 4.69) is 39.8 Å². The average Bonchev–Trinajstić information content (AvgIpc) is 3.05. The van der Waals surface area contributed by atoms with Crippen LogP contribution in [0.25, 0.3) is 0 Å². The standard InChI is InChI=1S/C24H33N3O/c28-22(26-23-18-10-16-9-17(12-18)13-19(23)11-16)14-27-7-5-24(6-8-27)15-25-21-4-2-1-3-20(21)24/h1-4,16-19,23,25H,5-15H2,(H,26,28). The third kappa shape index (κ3) is 2.79. The van der Waals surface area contributed by atoms with Crippen LogP contribution in [0.4, 0.5) is 5.69 Å². The highest BCUT2D eigenvalue weighted by molar-refractivity contribution is 5.78. The molecule has 1 aromatic carbocycles. The lowest BCUT2D eigenvalue weighted by Crippen LogP contribution is -2.57. The number of rotatable bonds is 3. The van der Waals surface area contributed by atoms with Crippen molar-refractivity contribution in [2.75, 3.05) is 31.5 Å². The number of benzene rings is 1. The van der Waals surface area contributed by atoms with Gasteiger partial charge in [-0.15, -0.1) is 0 Å². The molecule has 6 aliphatic rings. The molecule has 2 N–H and O–H groups in total. The fourth-order valence-corrected chi connectivity index (χ4v) is 7.64. The summed E-state index contributed by atoms with van der Waals surface area (Å²) < 4.78 is 0. The van der Waals surface area contributed by atoms with Gasteiger partial charge in [0.05, 0.1) is 6.54 Å². The van der Waals surface area contributed by atoms with Crippen molar-refractivity contribution in [3.05, 3.63) is 29.8 Å². The molecule has 28 heavy (non-hydrogen) atoms. The summed E-state index contributed by atoms with van der Waals surface area (Å²) in [5, 5.41) is 7.10. The summed E-state index contributed by atoms with van der Waals surface area (Å²) in [6.45, 7) is 3.71. The van der Waals surface area contributed by atoms with Crippen LogP contribution in [-0.4, -0.2) is 43.0 Å². The molecule has 4 heteroatoms. The van der Waals surface area contributed by atoms with Crippen LogP contribution in [-0.2, 0) is 10.2 Å². The number of carbonyl (C=O) groups excluding carboxylic acids is 1. The second-order valence-corrected chi connectivity index (χ2v) is 10.5. The third-order valence-electron chi connectivity index (χ3n) is 8.85. The maximum absolute atomic E-state index is 12.8. The van der Waals surface area contributed by atoms with Crippen molar-refractivity contribution in [3.8, 4) is 0 Å². The monoisotopic (exact) mass is 379 g/mol. The summed E-state index contributed by atoms with van der Waals surface area (Å²) in [6.07, 6.45) is 9.27. The minimum Gasteiger partial charge on any atom is -0.384 e. The normalized spacial score (nSPS) is 37.6. The molecule has 4 bridgehead atoms. The van der Waals surface area contributed by atoms with Crippen LogP contribution in [0.3, 0.4) is 0 Å². The first kappa shape index (κ1) is 17.3. The van der Waals surface area contributed by atoms with Crippen molar-refractivity contribution >= 4 is 11.6 Å². The van der Waals surface area contributed by atoms with E-state index in [4.69, 9.17) is 0 Å². The molecule has 0 aromatic heterocycles. The molecule has 1 amide bonds. The smallest absolute Gasteiger partial charge is 0.234 e. The first-order valence-corrected chi connectivity index (χ1v) is 11.5. The Morgan fingerprint density at radius 2 is 1.71 bits per heavy atom. The van der Waals surface area contributed by atoms with E-state index in [-0.39, 0.29) is 11.3 Å².